The van der Waals surface area contributed by atoms with E-state index in [1.54, 1.807) is 6.20 Å². The molecule has 0 aliphatic carbocycles. The lowest BCUT2D eigenvalue weighted by Gasteiger charge is -2.34. The van der Waals surface area contributed by atoms with Crippen LogP contribution in [0.4, 0.5) is 11.4 Å². The average Bonchev–Trinajstić information content (AvgIpc) is 2.68. The van der Waals surface area contributed by atoms with Gasteiger partial charge in [0.15, 0.2) is 0 Å². The molecule has 5 heteroatoms. The zero-order valence-electron chi connectivity index (χ0n) is 16.0. The molecule has 0 saturated carbocycles. The second-order valence-corrected chi connectivity index (χ2v) is 6.71. The van der Waals surface area contributed by atoms with Crippen LogP contribution in [-0.4, -0.2) is 60.0 Å². The van der Waals surface area contributed by atoms with Crippen LogP contribution >= 0.6 is 0 Å². The molecule has 2 heterocycles. The Labute approximate surface area is 156 Å². The second-order valence-electron chi connectivity index (χ2n) is 6.71. The van der Waals surface area contributed by atoms with Crippen LogP contribution in [0.15, 0.2) is 42.6 Å². The van der Waals surface area contributed by atoms with Gasteiger partial charge in [-0.3, -0.25) is 9.78 Å². The van der Waals surface area contributed by atoms with Crippen LogP contribution in [0.5, 0.6) is 0 Å². The fourth-order valence-corrected chi connectivity index (χ4v) is 3.44. The first-order chi connectivity index (χ1) is 12.6. The topological polar surface area (TPSA) is 39.7 Å². The highest BCUT2D eigenvalue weighted by molar-refractivity contribution is 5.93. The summed E-state index contributed by atoms with van der Waals surface area (Å²) < 4.78 is 0. The van der Waals surface area contributed by atoms with Gasteiger partial charge in [0.1, 0.15) is 5.69 Å². The molecule has 26 heavy (non-hydrogen) atoms. The van der Waals surface area contributed by atoms with Crippen LogP contribution in [0.1, 0.15) is 29.9 Å². The number of amides is 1. The number of carbonyl (C=O) groups is 1. The van der Waals surface area contributed by atoms with Gasteiger partial charge in [-0.1, -0.05) is 19.1 Å². The van der Waals surface area contributed by atoms with E-state index in [1.165, 1.54) is 5.56 Å². The Morgan fingerprint density at radius 1 is 1.08 bits per heavy atom. The maximum Gasteiger partial charge on any atom is 0.272 e. The standard InChI is InChI=1S/C21H28N4O/c1-4-23-11-13-24(14-12-23)21(26)20-16-19(9-10-22-20)25(5-2)18-8-6-7-17(3)15-18/h6-10,15-16H,4-5,11-14H2,1-3H3. The van der Waals surface area contributed by atoms with Crippen molar-refractivity contribution in [2.75, 3.05) is 44.2 Å². The van der Waals surface area contributed by atoms with E-state index in [0.717, 1.165) is 50.6 Å². The Kier molecular flexibility index (Phi) is 5.89. The first kappa shape index (κ1) is 18.4. The molecule has 1 aliphatic heterocycles. The number of anilines is 2. The van der Waals surface area contributed by atoms with E-state index in [-0.39, 0.29) is 5.91 Å². The molecule has 0 N–H and O–H groups in total. The predicted octanol–water partition coefficient (Wildman–Crippen LogP) is 3.33. The van der Waals surface area contributed by atoms with Gasteiger partial charge in [0.25, 0.3) is 5.91 Å². The van der Waals surface area contributed by atoms with Crippen LogP contribution in [0.25, 0.3) is 0 Å². The van der Waals surface area contributed by atoms with E-state index >= 15 is 0 Å². The third-order valence-electron chi connectivity index (χ3n) is 5.01. The van der Waals surface area contributed by atoms with Crippen molar-refractivity contribution >= 4 is 17.3 Å². The number of aryl methyl sites for hydroxylation is 1. The fraction of sp³-hybridized carbons (Fsp3) is 0.429. The van der Waals surface area contributed by atoms with Gasteiger partial charge in [-0.15, -0.1) is 0 Å². The van der Waals surface area contributed by atoms with Crippen molar-refractivity contribution in [1.82, 2.24) is 14.8 Å². The quantitative estimate of drug-likeness (QED) is 0.827. The summed E-state index contributed by atoms with van der Waals surface area (Å²) in [4.78, 5) is 23.7. The smallest absolute Gasteiger partial charge is 0.272 e. The fourth-order valence-electron chi connectivity index (χ4n) is 3.44. The van der Waals surface area contributed by atoms with Crippen LogP contribution in [0.2, 0.25) is 0 Å². The number of aromatic nitrogens is 1. The molecule has 1 saturated heterocycles. The summed E-state index contributed by atoms with van der Waals surface area (Å²) in [5.74, 6) is 0.0305. The molecule has 1 amide bonds. The first-order valence-electron chi connectivity index (χ1n) is 9.44. The molecule has 1 aliphatic rings. The summed E-state index contributed by atoms with van der Waals surface area (Å²) >= 11 is 0. The summed E-state index contributed by atoms with van der Waals surface area (Å²) in [6, 6.07) is 12.3. The Hall–Kier alpha value is -2.40. The molecule has 0 atom stereocenters. The number of benzene rings is 1. The Morgan fingerprint density at radius 2 is 1.81 bits per heavy atom. The van der Waals surface area contributed by atoms with E-state index in [9.17, 15) is 4.79 Å². The van der Waals surface area contributed by atoms with E-state index in [2.05, 4.69) is 59.8 Å². The summed E-state index contributed by atoms with van der Waals surface area (Å²) in [6.45, 7) is 11.7. The number of likely N-dealkylation sites (N-methyl/N-ethyl adjacent to an activating group) is 1. The maximum atomic E-state index is 12.9. The third-order valence-corrected chi connectivity index (χ3v) is 5.01. The number of pyridine rings is 1. The van der Waals surface area contributed by atoms with Crippen LogP contribution in [0, 0.1) is 6.92 Å². The number of carbonyl (C=O) groups excluding carboxylic acids is 1. The van der Waals surface area contributed by atoms with Crippen molar-refractivity contribution in [3.05, 3.63) is 53.9 Å². The first-order valence-corrected chi connectivity index (χ1v) is 9.44. The minimum Gasteiger partial charge on any atom is -0.342 e. The van der Waals surface area contributed by atoms with Gasteiger partial charge in [0, 0.05) is 50.3 Å². The van der Waals surface area contributed by atoms with Gasteiger partial charge in [-0.2, -0.15) is 0 Å². The monoisotopic (exact) mass is 352 g/mol. The SMILES string of the molecule is CCN1CCN(C(=O)c2cc(N(CC)c3cccc(C)c3)ccn2)CC1. The molecule has 2 aromatic rings. The molecule has 5 nitrogen and oxygen atoms in total. The molecule has 1 aromatic carbocycles. The average molecular weight is 352 g/mol. The molecule has 1 fully saturated rings. The minimum atomic E-state index is 0.0305. The molecular weight excluding hydrogens is 324 g/mol. The van der Waals surface area contributed by atoms with Gasteiger partial charge in [0.2, 0.25) is 0 Å². The molecular formula is C21H28N4O. The van der Waals surface area contributed by atoms with Crippen molar-refractivity contribution in [2.45, 2.75) is 20.8 Å². The van der Waals surface area contributed by atoms with Crippen molar-refractivity contribution in [3.63, 3.8) is 0 Å². The van der Waals surface area contributed by atoms with Gasteiger partial charge < -0.3 is 14.7 Å². The van der Waals surface area contributed by atoms with Crippen molar-refractivity contribution in [2.24, 2.45) is 0 Å². The number of hydrogen-bond acceptors (Lipinski definition) is 4. The van der Waals surface area contributed by atoms with E-state index in [4.69, 9.17) is 0 Å². The van der Waals surface area contributed by atoms with Gasteiger partial charge >= 0.3 is 0 Å². The maximum absolute atomic E-state index is 12.9. The lowest BCUT2D eigenvalue weighted by Crippen LogP contribution is -2.48. The van der Waals surface area contributed by atoms with Gasteiger partial charge in [-0.25, -0.2) is 0 Å². The number of nitrogens with zero attached hydrogens (tertiary/aromatic N) is 4. The summed E-state index contributed by atoms with van der Waals surface area (Å²) in [6.07, 6.45) is 1.74. The minimum absolute atomic E-state index is 0.0305. The second kappa shape index (κ2) is 8.32. The van der Waals surface area contributed by atoms with E-state index < -0.39 is 0 Å². The Balaban J connectivity index is 1.80. The number of piperazine rings is 1. The van der Waals surface area contributed by atoms with E-state index in [0.29, 0.717) is 5.69 Å². The van der Waals surface area contributed by atoms with E-state index in [1.807, 2.05) is 17.0 Å². The van der Waals surface area contributed by atoms with Crippen LogP contribution in [0.3, 0.4) is 0 Å². The molecule has 138 valence electrons. The largest absolute Gasteiger partial charge is 0.342 e. The highest BCUT2D eigenvalue weighted by Crippen LogP contribution is 2.26. The van der Waals surface area contributed by atoms with Crippen LogP contribution in [-0.2, 0) is 0 Å². The van der Waals surface area contributed by atoms with Crippen molar-refractivity contribution < 1.29 is 4.79 Å². The highest BCUT2D eigenvalue weighted by Gasteiger charge is 2.22. The number of hydrogen-bond donors (Lipinski definition) is 0. The Bertz CT molecular complexity index is 753. The predicted molar refractivity (Wildman–Crippen MR) is 106 cm³/mol. The molecule has 0 spiro atoms. The van der Waals surface area contributed by atoms with Crippen molar-refractivity contribution in [3.8, 4) is 0 Å². The summed E-state index contributed by atoms with van der Waals surface area (Å²) in [5.41, 5.74) is 3.89. The summed E-state index contributed by atoms with van der Waals surface area (Å²) in [7, 11) is 0. The summed E-state index contributed by atoms with van der Waals surface area (Å²) in [5, 5.41) is 0. The normalized spacial score (nSPS) is 15.1. The number of rotatable bonds is 5. The van der Waals surface area contributed by atoms with Crippen LogP contribution < -0.4 is 4.90 Å². The zero-order valence-corrected chi connectivity index (χ0v) is 16.0. The molecule has 0 bridgehead atoms. The molecule has 1 aromatic heterocycles. The van der Waals surface area contributed by atoms with Gasteiger partial charge in [0.05, 0.1) is 0 Å². The lowest BCUT2D eigenvalue weighted by atomic mass is 10.2. The lowest BCUT2D eigenvalue weighted by molar-refractivity contribution is 0.0637. The van der Waals surface area contributed by atoms with Gasteiger partial charge in [-0.05, 0) is 50.2 Å². The molecule has 0 unspecified atom stereocenters. The Morgan fingerprint density at radius 3 is 2.46 bits per heavy atom. The van der Waals surface area contributed by atoms with Crippen molar-refractivity contribution in [1.29, 1.82) is 0 Å². The molecule has 0 radical (unpaired) electrons. The highest BCUT2D eigenvalue weighted by atomic mass is 16.2. The molecule has 3 rings (SSSR count). The third kappa shape index (κ3) is 4.05. The zero-order chi connectivity index (χ0) is 18.5.